The van der Waals surface area contributed by atoms with Gasteiger partial charge in [-0.1, -0.05) is 0 Å². The fourth-order valence-corrected chi connectivity index (χ4v) is 3.90. The summed E-state index contributed by atoms with van der Waals surface area (Å²) in [6, 6.07) is 0. The Morgan fingerprint density at radius 1 is 0.857 bits per heavy atom. The van der Waals surface area contributed by atoms with E-state index in [-0.39, 0.29) is 0 Å². The average molecular weight is 160 g/mol. The van der Waals surface area contributed by atoms with Crippen LogP contribution in [0.5, 0.6) is 0 Å². The Bertz CT molecular complexity index is 25.7. The molecule has 0 rings (SSSR count). The summed E-state index contributed by atoms with van der Waals surface area (Å²) < 4.78 is 0. The molecule has 0 amide bonds. The Balaban J connectivity index is 2.99. The molecule has 7 heavy (non-hydrogen) atoms. The second-order valence-corrected chi connectivity index (χ2v) is 9.41. The zero-order valence-electron chi connectivity index (χ0n) is 5.62. The molecule has 0 aliphatic heterocycles. The van der Waals surface area contributed by atoms with Gasteiger partial charge in [0.2, 0.25) is 0 Å². The predicted octanol–water partition coefficient (Wildman–Crippen LogP) is 2.54. The number of hydrogen-bond acceptors (Lipinski definition) is 0. The molecule has 0 aromatic carbocycles. The van der Waals surface area contributed by atoms with Crippen LogP contribution in [0.2, 0.25) is 15.8 Å². The van der Waals surface area contributed by atoms with E-state index in [0.29, 0.717) is 0 Å². The summed E-state index contributed by atoms with van der Waals surface area (Å²) >= 11 is -0.403. The van der Waals surface area contributed by atoms with Gasteiger partial charge in [-0.15, -0.1) is 0 Å². The first-order chi connectivity index (χ1) is 3.35. The average Bonchev–Trinajstić information content (AvgIpc) is 1.72. The van der Waals surface area contributed by atoms with Crippen LogP contribution in [0.15, 0.2) is 0 Å². The van der Waals surface area contributed by atoms with Crippen molar-refractivity contribution in [3.63, 3.8) is 0 Å². The molecule has 0 aliphatic rings. The van der Waals surface area contributed by atoms with Crippen LogP contribution in [-0.2, 0) is 0 Å². The summed E-state index contributed by atoms with van der Waals surface area (Å²) in [4.78, 5) is 0. The third-order valence-corrected chi connectivity index (χ3v) is 7.79. The van der Waals surface area contributed by atoms with Gasteiger partial charge in [0, 0.05) is 0 Å². The van der Waals surface area contributed by atoms with Gasteiger partial charge in [-0.05, 0) is 0 Å². The van der Waals surface area contributed by atoms with Crippen molar-refractivity contribution >= 4 is 14.3 Å². The van der Waals surface area contributed by atoms with Crippen molar-refractivity contribution in [3.05, 3.63) is 0 Å². The van der Waals surface area contributed by atoms with E-state index < -0.39 is 14.3 Å². The number of rotatable bonds is 3. The standard InChI is InChI=1S/C6H15Ge/c1-4-7(5-2)6-3/h4-6H2,1-3H3/q-1. The summed E-state index contributed by atoms with van der Waals surface area (Å²) in [6.45, 7) is 7.01. The molecule has 44 valence electrons. The molecular weight excluding hydrogens is 145 g/mol. The van der Waals surface area contributed by atoms with Crippen LogP contribution in [0.25, 0.3) is 0 Å². The van der Waals surface area contributed by atoms with Gasteiger partial charge in [0.25, 0.3) is 0 Å². The van der Waals surface area contributed by atoms with Crippen LogP contribution in [0.1, 0.15) is 20.8 Å². The van der Waals surface area contributed by atoms with Crippen molar-refractivity contribution in [2.45, 2.75) is 36.5 Å². The van der Waals surface area contributed by atoms with Crippen molar-refractivity contribution in [1.29, 1.82) is 0 Å². The zero-order valence-corrected chi connectivity index (χ0v) is 7.72. The minimum absolute atomic E-state index is 0.403. The molecule has 0 aliphatic carbocycles. The molecule has 0 unspecified atom stereocenters. The van der Waals surface area contributed by atoms with Crippen molar-refractivity contribution in [3.8, 4) is 0 Å². The van der Waals surface area contributed by atoms with E-state index in [1.54, 1.807) is 0 Å². The molecule has 0 bridgehead atoms. The second-order valence-electron chi connectivity index (χ2n) is 1.81. The van der Waals surface area contributed by atoms with Gasteiger partial charge >= 0.3 is 50.9 Å². The van der Waals surface area contributed by atoms with Crippen LogP contribution in [0.4, 0.5) is 0 Å². The molecule has 0 nitrogen and oxygen atoms in total. The van der Waals surface area contributed by atoms with Crippen molar-refractivity contribution in [2.24, 2.45) is 0 Å². The van der Waals surface area contributed by atoms with E-state index in [2.05, 4.69) is 20.8 Å². The van der Waals surface area contributed by atoms with E-state index in [1.807, 2.05) is 0 Å². The first-order valence-electron chi connectivity index (χ1n) is 3.18. The van der Waals surface area contributed by atoms with Gasteiger partial charge in [0.05, 0.1) is 0 Å². The number of hydrogen-bond donors (Lipinski definition) is 0. The Kier molecular flexibility index (Phi) is 5.06. The van der Waals surface area contributed by atoms with Crippen molar-refractivity contribution in [1.82, 2.24) is 0 Å². The summed E-state index contributed by atoms with van der Waals surface area (Å²) in [7, 11) is 0. The van der Waals surface area contributed by atoms with E-state index in [4.69, 9.17) is 0 Å². The van der Waals surface area contributed by atoms with E-state index in [1.165, 1.54) is 15.8 Å². The zero-order chi connectivity index (χ0) is 5.70. The Hall–Kier alpha value is 0.543. The van der Waals surface area contributed by atoms with Gasteiger partial charge in [-0.3, -0.25) is 0 Å². The Labute approximate surface area is 51.4 Å². The third kappa shape index (κ3) is 3.15. The van der Waals surface area contributed by atoms with Gasteiger partial charge < -0.3 is 0 Å². The molecule has 0 N–H and O–H groups in total. The molecule has 1 heteroatoms. The van der Waals surface area contributed by atoms with E-state index >= 15 is 0 Å². The predicted molar refractivity (Wildman–Crippen MR) is 37.2 cm³/mol. The van der Waals surface area contributed by atoms with E-state index in [9.17, 15) is 0 Å². The van der Waals surface area contributed by atoms with Crippen LogP contribution in [-0.4, -0.2) is 14.3 Å². The Morgan fingerprint density at radius 3 is 1.14 bits per heavy atom. The molecule has 0 aromatic rings. The Morgan fingerprint density at radius 2 is 1.14 bits per heavy atom. The maximum atomic E-state index is 2.34. The van der Waals surface area contributed by atoms with Crippen LogP contribution in [0.3, 0.4) is 0 Å². The minimum atomic E-state index is -0.403. The molecular formula is C6H15Ge-. The van der Waals surface area contributed by atoms with Crippen LogP contribution in [0, 0.1) is 0 Å². The van der Waals surface area contributed by atoms with Crippen molar-refractivity contribution in [2.75, 3.05) is 0 Å². The van der Waals surface area contributed by atoms with Gasteiger partial charge in [0.15, 0.2) is 0 Å². The molecule has 0 atom stereocenters. The summed E-state index contributed by atoms with van der Waals surface area (Å²) in [5, 5.41) is 4.56. The first-order valence-corrected chi connectivity index (χ1v) is 7.63. The molecule has 0 heterocycles. The van der Waals surface area contributed by atoms with Gasteiger partial charge in [0.1, 0.15) is 0 Å². The molecule has 0 saturated heterocycles. The SMILES string of the molecule is C[CH2][Ge-]([CH2]C)[CH2]C. The molecule has 0 saturated carbocycles. The third-order valence-electron chi connectivity index (χ3n) is 1.50. The van der Waals surface area contributed by atoms with E-state index in [0.717, 1.165) is 0 Å². The summed E-state index contributed by atoms with van der Waals surface area (Å²) in [6.07, 6.45) is 0. The molecule has 0 fully saturated rings. The van der Waals surface area contributed by atoms with Gasteiger partial charge in [-0.2, -0.15) is 0 Å². The molecule has 0 spiro atoms. The van der Waals surface area contributed by atoms with Crippen LogP contribution >= 0.6 is 0 Å². The topological polar surface area (TPSA) is 0 Å². The fourth-order valence-electron chi connectivity index (χ4n) is 0.750. The monoisotopic (exact) mass is 161 g/mol. The van der Waals surface area contributed by atoms with Gasteiger partial charge in [-0.25, -0.2) is 0 Å². The quantitative estimate of drug-likeness (QED) is 0.556. The maximum absolute atomic E-state index is 2.34. The molecule has 0 aromatic heterocycles. The summed E-state index contributed by atoms with van der Waals surface area (Å²) in [5.74, 6) is 0. The normalized spacial score (nSPS) is 10.3. The second kappa shape index (κ2) is 4.70. The fraction of sp³-hybridized carbons (Fsp3) is 1.00. The first kappa shape index (κ1) is 7.54. The van der Waals surface area contributed by atoms with Crippen LogP contribution < -0.4 is 0 Å². The summed E-state index contributed by atoms with van der Waals surface area (Å²) in [5.41, 5.74) is 0. The van der Waals surface area contributed by atoms with Crippen molar-refractivity contribution < 1.29 is 0 Å². The molecule has 0 radical (unpaired) electrons.